The van der Waals surface area contributed by atoms with Crippen LogP contribution in [0, 0.1) is 0 Å². The van der Waals surface area contributed by atoms with Crippen LogP contribution >= 0.6 is 11.8 Å². The first-order valence-electron chi connectivity index (χ1n) is 6.36. The molecule has 1 N–H and O–H groups in total. The van der Waals surface area contributed by atoms with E-state index >= 15 is 0 Å². The fraction of sp³-hybridized carbons (Fsp3) is 0.357. The summed E-state index contributed by atoms with van der Waals surface area (Å²) in [4.78, 5) is 38.1. The Morgan fingerprint density at radius 3 is 2.75 bits per heavy atom. The van der Waals surface area contributed by atoms with Gasteiger partial charge >= 0.3 is 0 Å². The van der Waals surface area contributed by atoms with Crippen LogP contribution in [0.3, 0.4) is 0 Å². The van der Waals surface area contributed by atoms with Crippen LogP contribution in [0.5, 0.6) is 0 Å². The molecule has 1 heterocycles. The van der Waals surface area contributed by atoms with E-state index in [1.54, 1.807) is 12.1 Å². The van der Waals surface area contributed by atoms with Gasteiger partial charge < -0.3 is 4.90 Å². The highest BCUT2D eigenvalue weighted by molar-refractivity contribution is 7.98. The van der Waals surface area contributed by atoms with Crippen LogP contribution in [-0.4, -0.2) is 41.5 Å². The van der Waals surface area contributed by atoms with Crippen LogP contribution < -0.4 is 5.32 Å². The summed E-state index contributed by atoms with van der Waals surface area (Å²) in [6.45, 7) is 1.74. The highest BCUT2D eigenvalue weighted by Crippen LogP contribution is 2.23. The highest BCUT2D eigenvalue weighted by atomic mass is 32.2. The molecule has 0 spiro atoms. The number of hydrogen-bond donors (Lipinski definition) is 1. The summed E-state index contributed by atoms with van der Waals surface area (Å²) >= 11 is 1.47. The van der Waals surface area contributed by atoms with Crippen molar-refractivity contribution in [2.24, 2.45) is 0 Å². The van der Waals surface area contributed by atoms with E-state index in [9.17, 15) is 14.4 Å². The number of carbonyl (C=O) groups is 3. The number of imide groups is 1. The summed E-state index contributed by atoms with van der Waals surface area (Å²) in [5.74, 6) is -1.11. The molecule has 5 nitrogen and oxygen atoms in total. The summed E-state index contributed by atoms with van der Waals surface area (Å²) in [6.07, 6.45) is 2.36. The minimum atomic E-state index is -0.588. The smallest absolute Gasteiger partial charge is 0.256 e. The molecule has 106 valence electrons. The van der Waals surface area contributed by atoms with Crippen LogP contribution in [0.2, 0.25) is 0 Å². The minimum absolute atomic E-state index is 0.0776. The molecule has 1 saturated heterocycles. The Labute approximate surface area is 121 Å². The Morgan fingerprint density at radius 2 is 2.10 bits per heavy atom. The van der Waals surface area contributed by atoms with Gasteiger partial charge in [-0.2, -0.15) is 0 Å². The van der Waals surface area contributed by atoms with Gasteiger partial charge in [-0.3, -0.25) is 19.7 Å². The van der Waals surface area contributed by atoms with Gasteiger partial charge in [-0.15, -0.1) is 11.8 Å². The third-order valence-corrected chi connectivity index (χ3v) is 4.04. The maximum atomic E-state index is 12.6. The van der Waals surface area contributed by atoms with Crippen molar-refractivity contribution in [3.05, 3.63) is 29.8 Å². The van der Waals surface area contributed by atoms with Crippen LogP contribution in [0.15, 0.2) is 29.2 Å². The van der Waals surface area contributed by atoms with Gasteiger partial charge in [0.15, 0.2) is 0 Å². The van der Waals surface area contributed by atoms with E-state index < -0.39 is 17.9 Å². The quantitative estimate of drug-likeness (QED) is 0.673. The molecule has 1 unspecified atom stereocenters. The average Bonchev–Trinajstić information content (AvgIpc) is 2.45. The molecule has 1 aromatic carbocycles. The van der Waals surface area contributed by atoms with Crippen molar-refractivity contribution in [3.63, 3.8) is 0 Å². The molecule has 0 bridgehead atoms. The van der Waals surface area contributed by atoms with Gasteiger partial charge in [0.05, 0.1) is 5.56 Å². The zero-order chi connectivity index (χ0) is 14.7. The fourth-order valence-corrected chi connectivity index (χ4v) is 2.85. The van der Waals surface area contributed by atoms with Crippen molar-refractivity contribution in [2.75, 3.05) is 12.8 Å². The van der Waals surface area contributed by atoms with E-state index in [1.807, 2.05) is 25.3 Å². The zero-order valence-electron chi connectivity index (χ0n) is 11.4. The Bertz CT molecular complexity index is 559. The average molecular weight is 292 g/mol. The molecule has 0 radical (unpaired) electrons. The van der Waals surface area contributed by atoms with Crippen molar-refractivity contribution in [1.82, 2.24) is 10.2 Å². The van der Waals surface area contributed by atoms with Gasteiger partial charge in [0.25, 0.3) is 5.91 Å². The lowest BCUT2D eigenvalue weighted by molar-refractivity contribution is -0.138. The molecular weight excluding hydrogens is 276 g/mol. The summed E-state index contributed by atoms with van der Waals surface area (Å²) in [7, 11) is 0. The molecule has 1 atom stereocenters. The molecule has 20 heavy (non-hydrogen) atoms. The molecule has 0 saturated carbocycles. The summed E-state index contributed by atoms with van der Waals surface area (Å²) in [6, 6.07) is 6.62. The second-order valence-electron chi connectivity index (χ2n) is 4.47. The first-order chi connectivity index (χ1) is 9.58. The van der Waals surface area contributed by atoms with E-state index in [1.165, 1.54) is 16.7 Å². The van der Waals surface area contributed by atoms with Crippen LogP contribution in [-0.2, 0) is 9.59 Å². The number of nitrogens with one attached hydrogen (secondary N) is 1. The van der Waals surface area contributed by atoms with Crippen LogP contribution in [0.4, 0.5) is 0 Å². The number of piperazine rings is 1. The maximum absolute atomic E-state index is 12.6. The number of nitrogens with zero attached hydrogens (tertiary/aromatic N) is 1. The summed E-state index contributed by atoms with van der Waals surface area (Å²) in [5, 5.41) is 2.27. The molecule has 0 aromatic heterocycles. The number of benzene rings is 1. The lowest BCUT2D eigenvalue weighted by atomic mass is 10.1. The molecule has 1 aromatic rings. The minimum Gasteiger partial charge on any atom is -0.317 e. The van der Waals surface area contributed by atoms with Gasteiger partial charge in [0.1, 0.15) is 12.6 Å². The molecule has 1 aliphatic heterocycles. The maximum Gasteiger partial charge on any atom is 0.256 e. The van der Waals surface area contributed by atoms with Gasteiger partial charge in [-0.05, 0) is 24.8 Å². The first kappa shape index (κ1) is 14.6. The molecule has 6 heteroatoms. The topological polar surface area (TPSA) is 66.5 Å². The largest absolute Gasteiger partial charge is 0.317 e. The molecule has 2 rings (SSSR count). The number of rotatable bonds is 3. The number of thioether (sulfide) groups is 1. The second kappa shape index (κ2) is 6.09. The van der Waals surface area contributed by atoms with Gasteiger partial charge in [-0.1, -0.05) is 19.1 Å². The van der Waals surface area contributed by atoms with Crippen molar-refractivity contribution >= 4 is 29.5 Å². The van der Waals surface area contributed by atoms with Crippen molar-refractivity contribution in [2.45, 2.75) is 24.3 Å². The van der Waals surface area contributed by atoms with Crippen LogP contribution in [0.25, 0.3) is 0 Å². The highest BCUT2D eigenvalue weighted by Gasteiger charge is 2.36. The predicted octanol–water partition coefficient (Wildman–Crippen LogP) is 1.29. The van der Waals surface area contributed by atoms with E-state index in [-0.39, 0.29) is 12.5 Å². The van der Waals surface area contributed by atoms with E-state index in [4.69, 9.17) is 0 Å². The van der Waals surface area contributed by atoms with Gasteiger partial charge in [0.2, 0.25) is 11.8 Å². The Kier molecular flexibility index (Phi) is 4.44. The third kappa shape index (κ3) is 2.70. The zero-order valence-corrected chi connectivity index (χ0v) is 12.2. The number of carbonyl (C=O) groups excluding carboxylic acids is 3. The molecule has 3 amide bonds. The van der Waals surface area contributed by atoms with E-state index in [0.717, 1.165) is 4.90 Å². The van der Waals surface area contributed by atoms with Crippen molar-refractivity contribution in [1.29, 1.82) is 0 Å². The standard InChI is InChI=1S/C14H16N2O3S/c1-3-10-13(18)15-12(17)8-16(10)14(19)9-6-4-5-7-11(9)20-2/h4-7,10H,3,8H2,1-2H3,(H,15,17,18). The molecule has 1 aliphatic rings. The monoisotopic (exact) mass is 292 g/mol. The predicted molar refractivity (Wildman–Crippen MR) is 76.5 cm³/mol. The van der Waals surface area contributed by atoms with Crippen molar-refractivity contribution < 1.29 is 14.4 Å². The van der Waals surface area contributed by atoms with Gasteiger partial charge in [0, 0.05) is 4.90 Å². The van der Waals surface area contributed by atoms with Gasteiger partial charge in [-0.25, -0.2) is 0 Å². The van der Waals surface area contributed by atoms with Crippen LogP contribution in [0.1, 0.15) is 23.7 Å². The first-order valence-corrected chi connectivity index (χ1v) is 7.58. The van der Waals surface area contributed by atoms with E-state index in [0.29, 0.717) is 12.0 Å². The molecular formula is C14H16N2O3S. The molecule has 0 aliphatic carbocycles. The summed E-state index contributed by atoms with van der Waals surface area (Å²) in [5.41, 5.74) is 0.529. The Hall–Kier alpha value is -1.82. The lowest BCUT2D eigenvalue weighted by Crippen LogP contribution is -2.59. The lowest BCUT2D eigenvalue weighted by Gasteiger charge is -2.33. The Morgan fingerprint density at radius 1 is 1.40 bits per heavy atom. The normalized spacial score (nSPS) is 18.9. The number of hydrogen-bond acceptors (Lipinski definition) is 4. The number of amides is 3. The van der Waals surface area contributed by atoms with E-state index in [2.05, 4.69) is 5.32 Å². The summed E-state index contributed by atoms with van der Waals surface area (Å²) < 4.78 is 0. The van der Waals surface area contributed by atoms with Crippen molar-refractivity contribution in [3.8, 4) is 0 Å². The Balaban J connectivity index is 2.35. The SMILES string of the molecule is CCC1C(=O)NC(=O)CN1C(=O)c1ccccc1SC. The molecule has 1 fully saturated rings. The fourth-order valence-electron chi connectivity index (χ4n) is 2.26. The third-order valence-electron chi connectivity index (χ3n) is 3.24. The second-order valence-corrected chi connectivity index (χ2v) is 5.32.